The summed E-state index contributed by atoms with van der Waals surface area (Å²) in [6, 6.07) is 1.05. The zero-order chi connectivity index (χ0) is 19.3. The van der Waals surface area contributed by atoms with Crippen molar-refractivity contribution in [1.82, 2.24) is 5.32 Å². The molecule has 1 amide bonds. The number of phenols is 1. The van der Waals surface area contributed by atoms with Crippen molar-refractivity contribution in [2.75, 3.05) is 13.2 Å². The molecule has 0 heterocycles. The quantitative estimate of drug-likeness (QED) is 0.262. The van der Waals surface area contributed by atoms with Gasteiger partial charge in [-0.3, -0.25) is 13.9 Å². The Morgan fingerprint density at radius 2 is 1.80 bits per heavy atom. The molecule has 10 nitrogen and oxygen atoms in total. The van der Waals surface area contributed by atoms with Crippen LogP contribution in [0.3, 0.4) is 0 Å². The van der Waals surface area contributed by atoms with Crippen LogP contribution in [0.2, 0.25) is 0 Å². The van der Waals surface area contributed by atoms with Crippen molar-refractivity contribution in [1.29, 1.82) is 0 Å². The zero-order valence-corrected chi connectivity index (χ0v) is 14.5. The van der Waals surface area contributed by atoms with Gasteiger partial charge in [-0.2, -0.15) is 16.8 Å². The molecular weight excluding hydrogens is 378 g/mol. The lowest BCUT2D eigenvalue weighted by Gasteiger charge is -2.13. The monoisotopic (exact) mass is 395 g/mol. The number of carbonyl (C=O) groups is 1. The van der Waals surface area contributed by atoms with Gasteiger partial charge in [0.05, 0.1) is 11.5 Å². The van der Waals surface area contributed by atoms with E-state index in [1.807, 2.05) is 0 Å². The molecule has 0 bridgehead atoms. The lowest BCUT2D eigenvalue weighted by atomic mass is 10.3. The maximum absolute atomic E-state index is 11.4. The van der Waals surface area contributed by atoms with Crippen LogP contribution < -0.4 is 10.1 Å². The Kier molecular flexibility index (Phi) is 6.93. The second-order valence-corrected chi connectivity index (χ2v) is 7.58. The highest BCUT2D eigenvalue weighted by Crippen LogP contribution is 2.36. The highest BCUT2D eigenvalue weighted by molar-refractivity contribution is 7.86. The minimum atomic E-state index is -4.93. The number of aromatic hydroxyl groups is 1. The van der Waals surface area contributed by atoms with Gasteiger partial charge in [0.2, 0.25) is 5.91 Å². The summed E-state index contributed by atoms with van der Waals surface area (Å²) in [6.07, 6.45) is 1.91. The third-order valence-corrected chi connectivity index (χ3v) is 4.58. The zero-order valence-electron chi connectivity index (χ0n) is 12.9. The molecule has 25 heavy (non-hydrogen) atoms. The van der Waals surface area contributed by atoms with Crippen molar-refractivity contribution in [3.8, 4) is 11.5 Å². The smallest absolute Gasteiger partial charge is 0.298 e. The third kappa shape index (κ3) is 6.34. The summed E-state index contributed by atoms with van der Waals surface area (Å²) >= 11 is 0. The van der Waals surface area contributed by atoms with Gasteiger partial charge in [-0.25, -0.2) is 0 Å². The van der Waals surface area contributed by atoms with E-state index in [1.54, 1.807) is 0 Å². The number of carbonyl (C=O) groups excluding carboxylic acids is 1. The first-order chi connectivity index (χ1) is 11.5. The average molecular weight is 395 g/mol. The fraction of sp³-hybridized carbons (Fsp3) is 0.308. The minimum Gasteiger partial charge on any atom is -0.504 e. The van der Waals surface area contributed by atoms with Gasteiger partial charge in [0.15, 0.2) is 11.5 Å². The van der Waals surface area contributed by atoms with E-state index in [0.717, 1.165) is 6.08 Å². The molecule has 0 aliphatic rings. The number of ether oxygens (including phenoxy) is 1. The van der Waals surface area contributed by atoms with Crippen molar-refractivity contribution in [2.45, 2.75) is 22.6 Å². The molecule has 0 fully saturated rings. The number of phenolic OH excluding ortho intramolecular Hbond substituents is 1. The van der Waals surface area contributed by atoms with Crippen molar-refractivity contribution < 1.29 is 40.6 Å². The summed E-state index contributed by atoms with van der Waals surface area (Å²) in [5, 5.41) is 12.3. The molecule has 1 aromatic carbocycles. The van der Waals surface area contributed by atoms with Crippen LogP contribution >= 0.6 is 0 Å². The van der Waals surface area contributed by atoms with Crippen LogP contribution in [0, 0.1) is 0 Å². The molecule has 0 aromatic heterocycles. The molecule has 0 atom stereocenters. The van der Waals surface area contributed by atoms with Crippen molar-refractivity contribution in [3.05, 3.63) is 24.8 Å². The summed E-state index contributed by atoms with van der Waals surface area (Å²) < 4.78 is 68.1. The van der Waals surface area contributed by atoms with Gasteiger partial charge in [-0.05, 0) is 25.0 Å². The van der Waals surface area contributed by atoms with Crippen LogP contribution in [0.25, 0.3) is 0 Å². The second-order valence-electron chi connectivity index (χ2n) is 4.77. The van der Waals surface area contributed by atoms with Gasteiger partial charge >= 0.3 is 0 Å². The Morgan fingerprint density at radius 1 is 1.16 bits per heavy atom. The maximum Gasteiger partial charge on any atom is 0.298 e. The van der Waals surface area contributed by atoms with E-state index >= 15 is 0 Å². The fourth-order valence-electron chi connectivity index (χ4n) is 1.73. The number of amides is 1. The topological polar surface area (TPSA) is 167 Å². The molecule has 12 heteroatoms. The highest BCUT2D eigenvalue weighted by Gasteiger charge is 2.25. The first kappa shape index (κ1) is 20.9. The summed E-state index contributed by atoms with van der Waals surface area (Å²) in [7, 11) is -9.74. The molecule has 4 N–H and O–H groups in total. The molecule has 0 saturated heterocycles. The van der Waals surface area contributed by atoms with Crippen LogP contribution in [-0.2, 0) is 25.0 Å². The Labute approximate surface area is 144 Å². The number of unbranched alkanes of at least 4 members (excludes halogenated alkanes) is 1. The predicted octanol–water partition coefficient (Wildman–Crippen LogP) is 0.347. The summed E-state index contributed by atoms with van der Waals surface area (Å²) in [4.78, 5) is 9.00. The average Bonchev–Trinajstić information content (AvgIpc) is 2.49. The fourth-order valence-corrected chi connectivity index (χ4v) is 3.01. The standard InChI is InChI=1S/C13H17NO9S2/c1-2-12(16)14-5-3-4-6-23-13-10(15)7-9(24(17,18)19)8-11(13)25(20,21)22/h2,7-8,15H,1,3-6H2,(H,14,16)(H,17,18,19)(H,20,21,22). The Hall–Kier alpha value is -2.15. The molecule has 1 aromatic rings. The first-order valence-electron chi connectivity index (χ1n) is 6.82. The molecule has 0 saturated carbocycles. The van der Waals surface area contributed by atoms with Crippen molar-refractivity contribution in [2.24, 2.45) is 0 Å². The molecular formula is C13H17NO9S2. The Morgan fingerprint density at radius 3 is 2.32 bits per heavy atom. The summed E-state index contributed by atoms with van der Waals surface area (Å²) in [5.74, 6) is -1.89. The number of hydrogen-bond acceptors (Lipinski definition) is 7. The molecule has 0 unspecified atom stereocenters. The van der Waals surface area contributed by atoms with Crippen molar-refractivity contribution >= 4 is 26.1 Å². The molecule has 0 aliphatic carbocycles. The van der Waals surface area contributed by atoms with E-state index < -0.39 is 41.5 Å². The Bertz CT molecular complexity index is 860. The van der Waals surface area contributed by atoms with Crippen LogP contribution in [0.15, 0.2) is 34.6 Å². The summed E-state index contributed by atoms with van der Waals surface area (Å²) in [5.41, 5.74) is 0. The van der Waals surface area contributed by atoms with Gasteiger partial charge in [-0.1, -0.05) is 6.58 Å². The van der Waals surface area contributed by atoms with E-state index in [-0.39, 0.29) is 12.5 Å². The SMILES string of the molecule is C=CC(=O)NCCCCOc1c(O)cc(S(=O)(=O)O)cc1S(=O)(=O)O. The van der Waals surface area contributed by atoms with E-state index in [9.17, 15) is 26.7 Å². The molecule has 1 rings (SSSR count). The maximum atomic E-state index is 11.4. The van der Waals surface area contributed by atoms with Gasteiger partial charge in [0, 0.05) is 12.6 Å². The molecule has 0 spiro atoms. The van der Waals surface area contributed by atoms with Crippen LogP contribution in [0.1, 0.15) is 12.8 Å². The highest BCUT2D eigenvalue weighted by atomic mass is 32.2. The second kappa shape index (κ2) is 8.29. The van der Waals surface area contributed by atoms with E-state index in [4.69, 9.17) is 13.8 Å². The lowest BCUT2D eigenvalue weighted by molar-refractivity contribution is -0.116. The number of nitrogens with one attached hydrogen (secondary N) is 1. The van der Waals surface area contributed by atoms with E-state index in [1.165, 1.54) is 0 Å². The first-order valence-corrected chi connectivity index (χ1v) is 9.70. The van der Waals surface area contributed by atoms with Crippen LogP contribution in [0.4, 0.5) is 0 Å². The number of benzene rings is 1. The number of rotatable bonds is 9. The molecule has 0 radical (unpaired) electrons. The lowest BCUT2D eigenvalue weighted by Crippen LogP contribution is -2.22. The van der Waals surface area contributed by atoms with Crippen LogP contribution in [0.5, 0.6) is 11.5 Å². The number of hydrogen-bond donors (Lipinski definition) is 4. The van der Waals surface area contributed by atoms with E-state index in [2.05, 4.69) is 11.9 Å². The largest absolute Gasteiger partial charge is 0.504 e. The van der Waals surface area contributed by atoms with Gasteiger partial charge in [-0.15, -0.1) is 0 Å². The van der Waals surface area contributed by atoms with Crippen molar-refractivity contribution in [3.63, 3.8) is 0 Å². The molecule has 0 aliphatic heterocycles. The summed E-state index contributed by atoms with van der Waals surface area (Å²) in [6.45, 7) is 3.50. The normalized spacial score (nSPS) is 11.8. The minimum absolute atomic E-state index is 0.0920. The van der Waals surface area contributed by atoms with Crippen LogP contribution in [-0.4, -0.2) is 50.1 Å². The third-order valence-electron chi connectivity index (χ3n) is 2.89. The van der Waals surface area contributed by atoms with Gasteiger partial charge in [0.25, 0.3) is 20.2 Å². The van der Waals surface area contributed by atoms with Gasteiger partial charge in [0.1, 0.15) is 4.90 Å². The predicted molar refractivity (Wildman–Crippen MR) is 85.7 cm³/mol. The molecule has 140 valence electrons. The van der Waals surface area contributed by atoms with Gasteiger partial charge < -0.3 is 15.2 Å². The van der Waals surface area contributed by atoms with E-state index in [0.29, 0.717) is 31.5 Å². The Balaban J connectivity index is 2.89.